The molecule has 2 fully saturated rings. The molecule has 0 unspecified atom stereocenters. The third kappa shape index (κ3) is 2.07. The molecule has 3 aliphatic rings. The van der Waals surface area contributed by atoms with Gasteiger partial charge in [-0.3, -0.25) is 19.7 Å². The number of nitrogens with one attached hydrogen (secondary N) is 2. The number of para-hydroxylation sites is 1. The maximum atomic E-state index is 13.2. The fourth-order valence-electron chi connectivity index (χ4n) is 5.14. The van der Waals surface area contributed by atoms with Crippen molar-refractivity contribution < 1.29 is 19.7 Å². The van der Waals surface area contributed by atoms with E-state index in [-0.39, 0.29) is 23.8 Å². The lowest BCUT2D eigenvalue weighted by atomic mass is 9.76. The lowest BCUT2D eigenvalue weighted by Crippen LogP contribution is -2.99. The monoisotopic (exact) mass is 362 g/mol. The highest BCUT2D eigenvalue weighted by Gasteiger charge is 2.72. The number of hydrogen-bond donors (Lipinski definition) is 3. The summed E-state index contributed by atoms with van der Waals surface area (Å²) in [6, 6.07) is 15.4. The Bertz CT molecular complexity index is 987. The van der Waals surface area contributed by atoms with E-state index in [1.807, 2.05) is 60.8 Å². The number of fused-ring (bicyclic) bond motifs is 4. The fourth-order valence-corrected chi connectivity index (χ4v) is 5.14. The van der Waals surface area contributed by atoms with Gasteiger partial charge in [0, 0.05) is 12.0 Å². The minimum atomic E-state index is -1.08. The zero-order valence-electron chi connectivity index (χ0n) is 14.9. The van der Waals surface area contributed by atoms with Gasteiger partial charge in [-0.05, 0) is 18.1 Å². The van der Waals surface area contributed by atoms with Crippen LogP contribution in [0.25, 0.3) is 0 Å². The molecule has 1 spiro atoms. The van der Waals surface area contributed by atoms with Crippen LogP contribution < -0.4 is 16.0 Å². The molecule has 5 rings (SSSR count). The zero-order valence-corrected chi connectivity index (χ0v) is 14.9. The standard InChI is InChI=1S/C21H19N3O3/c1-11-6-5-9-13-17(11)22-20(27)21(13)16-15(18(25)23-19(16)26)14(24-21)10-12-7-3-2-4-8-12/h2-9,14-16,24H,10H2,1H3,(H,22,27)(H,23,25,26)/p+1/t14-,15+,16-,21-/m0/s1. The summed E-state index contributed by atoms with van der Waals surface area (Å²) in [5, 5.41) is 7.41. The van der Waals surface area contributed by atoms with Crippen molar-refractivity contribution in [3.8, 4) is 0 Å². The van der Waals surface area contributed by atoms with Gasteiger partial charge >= 0.3 is 0 Å². The normalized spacial score (nSPS) is 31.0. The van der Waals surface area contributed by atoms with Gasteiger partial charge in [-0.15, -0.1) is 0 Å². The molecule has 136 valence electrons. The van der Waals surface area contributed by atoms with Gasteiger partial charge < -0.3 is 10.6 Å². The molecule has 0 saturated carbocycles. The van der Waals surface area contributed by atoms with Crippen LogP contribution in [0.2, 0.25) is 0 Å². The number of benzene rings is 2. The second kappa shape index (κ2) is 5.50. The number of imide groups is 1. The van der Waals surface area contributed by atoms with Crippen molar-refractivity contribution in [2.24, 2.45) is 11.8 Å². The Hall–Kier alpha value is -2.99. The molecule has 3 aliphatic heterocycles. The maximum absolute atomic E-state index is 13.2. The molecule has 6 nitrogen and oxygen atoms in total. The third-order valence-corrected chi connectivity index (χ3v) is 6.27. The summed E-state index contributed by atoms with van der Waals surface area (Å²) >= 11 is 0. The van der Waals surface area contributed by atoms with Gasteiger partial charge in [0.15, 0.2) is 0 Å². The highest BCUT2D eigenvalue weighted by Crippen LogP contribution is 2.48. The molecule has 0 radical (unpaired) electrons. The van der Waals surface area contributed by atoms with Crippen LogP contribution >= 0.6 is 0 Å². The van der Waals surface area contributed by atoms with Crippen molar-refractivity contribution in [1.29, 1.82) is 0 Å². The van der Waals surface area contributed by atoms with Crippen molar-refractivity contribution in [2.75, 3.05) is 5.32 Å². The largest absolute Gasteiger partial charge is 0.326 e. The Morgan fingerprint density at radius 3 is 2.52 bits per heavy atom. The summed E-state index contributed by atoms with van der Waals surface area (Å²) in [6.45, 7) is 1.94. The number of nitrogens with two attached hydrogens (primary N) is 1. The molecule has 3 amide bonds. The first-order valence-electron chi connectivity index (χ1n) is 9.18. The average molecular weight is 362 g/mol. The SMILES string of the molecule is Cc1cccc2c1NC(=O)[C@]21[NH2+][C@@H](Cc2ccccc2)[C@H]2C(=O)NC(=O)[C@H]21. The van der Waals surface area contributed by atoms with Crippen molar-refractivity contribution >= 4 is 23.4 Å². The van der Waals surface area contributed by atoms with E-state index in [1.54, 1.807) is 0 Å². The predicted molar refractivity (Wildman–Crippen MR) is 97.5 cm³/mol. The molecular weight excluding hydrogens is 342 g/mol. The molecule has 4 atom stereocenters. The fraction of sp³-hybridized carbons (Fsp3) is 0.286. The molecule has 6 heteroatoms. The Morgan fingerprint density at radius 2 is 1.74 bits per heavy atom. The number of aryl methyl sites for hydroxylation is 1. The molecule has 4 N–H and O–H groups in total. The van der Waals surface area contributed by atoms with Crippen LogP contribution in [0.3, 0.4) is 0 Å². The van der Waals surface area contributed by atoms with Crippen LogP contribution in [-0.2, 0) is 26.3 Å². The van der Waals surface area contributed by atoms with Gasteiger partial charge in [0.2, 0.25) is 17.4 Å². The average Bonchev–Trinajstić information content (AvgIpc) is 3.24. The lowest BCUT2D eigenvalue weighted by molar-refractivity contribution is -0.733. The van der Waals surface area contributed by atoms with Gasteiger partial charge in [-0.1, -0.05) is 48.5 Å². The van der Waals surface area contributed by atoms with E-state index < -0.39 is 17.4 Å². The van der Waals surface area contributed by atoms with E-state index >= 15 is 0 Å². The molecule has 0 aromatic heterocycles. The number of rotatable bonds is 2. The summed E-state index contributed by atoms with van der Waals surface area (Å²) in [5.41, 5.74) is 2.54. The first kappa shape index (κ1) is 16.2. The molecule has 27 heavy (non-hydrogen) atoms. The lowest BCUT2D eigenvalue weighted by Gasteiger charge is -2.24. The number of amides is 3. The van der Waals surface area contributed by atoms with Gasteiger partial charge in [0.05, 0.1) is 5.69 Å². The quantitative estimate of drug-likeness (QED) is 0.668. The van der Waals surface area contributed by atoms with Gasteiger partial charge in [-0.25, -0.2) is 0 Å². The minimum Gasteiger partial charge on any atom is -0.326 e. The number of anilines is 1. The van der Waals surface area contributed by atoms with Gasteiger partial charge in [0.1, 0.15) is 17.9 Å². The molecule has 2 aromatic carbocycles. The van der Waals surface area contributed by atoms with E-state index in [1.165, 1.54) is 0 Å². The third-order valence-electron chi connectivity index (χ3n) is 6.27. The van der Waals surface area contributed by atoms with Gasteiger partial charge in [-0.2, -0.15) is 0 Å². The summed E-state index contributed by atoms with van der Waals surface area (Å²) in [7, 11) is 0. The van der Waals surface area contributed by atoms with Crippen LogP contribution in [0.15, 0.2) is 48.5 Å². The second-order valence-corrected chi connectivity index (χ2v) is 7.70. The first-order valence-corrected chi connectivity index (χ1v) is 9.18. The van der Waals surface area contributed by atoms with Crippen LogP contribution in [0, 0.1) is 18.8 Å². The van der Waals surface area contributed by atoms with E-state index in [9.17, 15) is 14.4 Å². The molecule has 2 saturated heterocycles. The maximum Gasteiger partial charge on any atom is 0.291 e. The Balaban J connectivity index is 1.64. The van der Waals surface area contributed by atoms with Crippen molar-refractivity contribution in [1.82, 2.24) is 5.32 Å². The predicted octanol–water partition coefficient (Wildman–Crippen LogP) is 0.220. The van der Waals surface area contributed by atoms with Crippen molar-refractivity contribution in [3.63, 3.8) is 0 Å². The number of hydrogen-bond acceptors (Lipinski definition) is 3. The highest BCUT2D eigenvalue weighted by atomic mass is 16.2. The van der Waals surface area contributed by atoms with E-state index in [4.69, 9.17) is 0 Å². The molecule has 2 aromatic rings. The molecular formula is C21H20N3O3+. The summed E-state index contributed by atoms with van der Waals surface area (Å²) in [5.74, 6) is -2.03. The second-order valence-electron chi connectivity index (χ2n) is 7.70. The Kier molecular flexibility index (Phi) is 3.30. The Labute approximate surface area is 156 Å². The molecule has 0 bridgehead atoms. The van der Waals surface area contributed by atoms with E-state index in [2.05, 4.69) is 10.6 Å². The Morgan fingerprint density at radius 1 is 0.963 bits per heavy atom. The van der Waals surface area contributed by atoms with Crippen molar-refractivity contribution in [2.45, 2.75) is 24.9 Å². The molecule has 3 heterocycles. The topological polar surface area (TPSA) is 91.9 Å². The van der Waals surface area contributed by atoms with Crippen LogP contribution in [0.1, 0.15) is 16.7 Å². The number of carbonyl (C=O) groups is 3. The van der Waals surface area contributed by atoms with E-state index in [0.29, 0.717) is 6.42 Å². The summed E-state index contributed by atoms with van der Waals surface area (Å²) in [4.78, 5) is 38.5. The van der Waals surface area contributed by atoms with Crippen LogP contribution in [0.4, 0.5) is 5.69 Å². The molecule has 0 aliphatic carbocycles. The number of quaternary nitrogens is 1. The smallest absolute Gasteiger partial charge is 0.291 e. The van der Waals surface area contributed by atoms with Crippen LogP contribution in [-0.4, -0.2) is 23.8 Å². The zero-order chi connectivity index (χ0) is 18.8. The summed E-state index contributed by atoms with van der Waals surface area (Å²) in [6.07, 6.45) is 0.624. The van der Waals surface area contributed by atoms with Gasteiger partial charge in [0.25, 0.3) is 5.91 Å². The minimum absolute atomic E-state index is 0.180. The van der Waals surface area contributed by atoms with E-state index in [0.717, 1.165) is 22.4 Å². The van der Waals surface area contributed by atoms with Crippen LogP contribution in [0.5, 0.6) is 0 Å². The highest BCUT2D eigenvalue weighted by molar-refractivity contribution is 6.14. The first-order chi connectivity index (χ1) is 13.0. The number of carbonyl (C=O) groups excluding carboxylic acids is 3. The van der Waals surface area contributed by atoms with Crippen molar-refractivity contribution in [3.05, 3.63) is 65.2 Å². The summed E-state index contributed by atoms with van der Waals surface area (Å²) < 4.78 is 0.